The summed E-state index contributed by atoms with van der Waals surface area (Å²) in [4.78, 5) is 34.4. The summed E-state index contributed by atoms with van der Waals surface area (Å²) in [6.45, 7) is -0.228. The number of ether oxygens (including phenoxy) is 1. The van der Waals surface area contributed by atoms with Crippen LogP contribution < -0.4 is 15.8 Å². The molecular weight excluding hydrogens is 312 g/mol. The second kappa shape index (κ2) is 8.33. The number of carboxylic acids is 1. The van der Waals surface area contributed by atoms with Crippen LogP contribution in [0.5, 0.6) is 5.75 Å². The molecule has 1 fully saturated rings. The number of carbonyl (C=O) groups excluding carboxylic acids is 2. The van der Waals surface area contributed by atoms with Gasteiger partial charge in [0.25, 0.3) is 11.8 Å². The molecule has 0 heterocycles. The van der Waals surface area contributed by atoms with Gasteiger partial charge in [-0.15, -0.1) is 0 Å². The number of hydrogen-bond donors (Lipinski definition) is 3. The highest BCUT2D eigenvalue weighted by molar-refractivity contribution is 5.94. The minimum absolute atomic E-state index is 0.228. The largest absolute Gasteiger partial charge is 0.484 e. The molecule has 2 rings (SSSR count). The van der Waals surface area contributed by atoms with Crippen molar-refractivity contribution in [1.29, 1.82) is 0 Å². The number of amides is 2. The predicted octanol–water partition coefficient (Wildman–Crippen LogP) is 1.31. The topological polar surface area (TPSA) is 119 Å². The molecule has 1 saturated carbocycles. The minimum atomic E-state index is -0.864. The molecule has 24 heavy (non-hydrogen) atoms. The molecule has 1 aromatic rings. The number of carbonyl (C=O) groups is 3. The lowest BCUT2D eigenvalue weighted by Gasteiger charge is -2.23. The number of aliphatic carboxylic acids is 1. The molecule has 0 saturated heterocycles. The van der Waals surface area contributed by atoms with Crippen LogP contribution in [-0.4, -0.2) is 35.5 Å². The molecule has 130 valence electrons. The minimum Gasteiger partial charge on any atom is -0.484 e. The zero-order valence-electron chi connectivity index (χ0n) is 13.4. The Morgan fingerprint density at radius 3 is 2.42 bits per heavy atom. The second-order valence-electron chi connectivity index (χ2n) is 5.94. The second-order valence-corrected chi connectivity index (χ2v) is 5.94. The van der Waals surface area contributed by atoms with Crippen LogP contribution >= 0.6 is 0 Å². The number of nitrogens with one attached hydrogen (secondary N) is 1. The van der Waals surface area contributed by atoms with E-state index in [1.54, 1.807) is 24.3 Å². The van der Waals surface area contributed by atoms with E-state index < -0.39 is 17.8 Å². The van der Waals surface area contributed by atoms with Gasteiger partial charge >= 0.3 is 5.97 Å². The van der Waals surface area contributed by atoms with Gasteiger partial charge in [0.2, 0.25) is 0 Å². The summed E-state index contributed by atoms with van der Waals surface area (Å²) in [5.74, 6) is -1.87. The first-order valence-corrected chi connectivity index (χ1v) is 8.02. The Morgan fingerprint density at radius 2 is 1.79 bits per heavy atom. The molecule has 1 aliphatic rings. The van der Waals surface area contributed by atoms with Crippen LogP contribution in [0.1, 0.15) is 42.5 Å². The lowest BCUT2D eigenvalue weighted by molar-refractivity contribution is -0.142. The van der Waals surface area contributed by atoms with E-state index in [0.29, 0.717) is 24.2 Å². The SMILES string of the molecule is NC(=O)COc1ccc(C(=O)N[C@H]2CCCCC[C@H]2C(=O)O)cc1. The fraction of sp³-hybridized carbons (Fsp3) is 0.471. The van der Waals surface area contributed by atoms with Gasteiger partial charge in [0.15, 0.2) is 6.61 Å². The van der Waals surface area contributed by atoms with Crippen molar-refractivity contribution in [3.05, 3.63) is 29.8 Å². The van der Waals surface area contributed by atoms with Crippen LogP contribution in [0, 0.1) is 5.92 Å². The molecule has 1 aromatic carbocycles. The van der Waals surface area contributed by atoms with E-state index in [1.165, 1.54) is 0 Å². The highest BCUT2D eigenvalue weighted by atomic mass is 16.5. The quantitative estimate of drug-likeness (QED) is 0.678. The maximum atomic E-state index is 12.4. The summed E-state index contributed by atoms with van der Waals surface area (Å²) in [5, 5.41) is 12.2. The number of nitrogens with two attached hydrogens (primary N) is 1. The molecule has 1 aliphatic carbocycles. The summed E-state index contributed by atoms with van der Waals surface area (Å²) in [5.41, 5.74) is 5.41. The molecule has 0 unspecified atom stereocenters. The number of primary amides is 1. The first kappa shape index (κ1) is 17.8. The predicted molar refractivity (Wildman–Crippen MR) is 86.6 cm³/mol. The molecule has 0 bridgehead atoms. The molecule has 0 spiro atoms. The maximum Gasteiger partial charge on any atom is 0.308 e. The van der Waals surface area contributed by atoms with Crippen molar-refractivity contribution in [2.24, 2.45) is 11.7 Å². The molecule has 7 heteroatoms. The van der Waals surface area contributed by atoms with Gasteiger partial charge in [-0.05, 0) is 37.1 Å². The fourth-order valence-electron chi connectivity index (χ4n) is 2.88. The summed E-state index contributed by atoms with van der Waals surface area (Å²) >= 11 is 0. The lowest BCUT2D eigenvalue weighted by Crippen LogP contribution is -2.42. The highest BCUT2D eigenvalue weighted by Crippen LogP contribution is 2.24. The van der Waals surface area contributed by atoms with Crippen molar-refractivity contribution in [3.8, 4) is 5.75 Å². The Balaban J connectivity index is 1.99. The van der Waals surface area contributed by atoms with Crippen molar-refractivity contribution in [3.63, 3.8) is 0 Å². The molecule has 2 atom stereocenters. The van der Waals surface area contributed by atoms with E-state index in [0.717, 1.165) is 19.3 Å². The average Bonchev–Trinajstić information content (AvgIpc) is 2.79. The van der Waals surface area contributed by atoms with Gasteiger partial charge in [-0.3, -0.25) is 14.4 Å². The summed E-state index contributed by atoms with van der Waals surface area (Å²) in [6, 6.07) is 5.92. The number of rotatable bonds is 6. The summed E-state index contributed by atoms with van der Waals surface area (Å²) in [7, 11) is 0. The smallest absolute Gasteiger partial charge is 0.308 e. The molecular formula is C17H22N2O5. The monoisotopic (exact) mass is 334 g/mol. The van der Waals surface area contributed by atoms with Crippen LogP contribution in [0.4, 0.5) is 0 Å². The maximum absolute atomic E-state index is 12.4. The zero-order chi connectivity index (χ0) is 17.5. The molecule has 7 nitrogen and oxygen atoms in total. The Kier molecular flexibility index (Phi) is 6.17. The van der Waals surface area contributed by atoms with Gasteiger partial charge in [-0.1, -0.05) is 19.3 Å². The molecule has 0 aliphatic heterocycles. The van der Waals surface area contributed by atoms with Crippen LogP contribution in [0.2, 0.25) is 0 Å². The summed E-state index contributed by atoms with van der Waals surface area (Å²) in [6.07, 6.45) is 4.02. The Morgan fingerprint density at radius 1 is 1.12 bits per heavy atom. The van der Waals surface area contributed by atoms with Crippen LogP contribution in [-0.2, 0) is 9.59 Å². The number of benzene rings is 1. The van der Waals surface area contributed by atoms with Crippen molar-refractivity contribution in [2.75, 3.05) is 6.61 Å². The Labute approximate surface area is 140 Å². The first-order valence-electron chi connectivity index (χ1n) is 8.02. The standard InChI is InChI=1S/C17H22N2O5/c18-15(20)10-24-12-8-6-11(7-9-12)16(21)19-14-5-3-1-2-4-13(14)17(22)23/h6-9,13-14H,1-5,10H2,(H2,18,20)(H,19,21)(H,22,23)/t13-,14+/m1/s1. The van der Waals surface area contributed by atoms with Gasteiger partial charge < -0.3 is 20.9 Å². The average molecular weight is 334 g/mol. The normalized spacial score (nSPS) is 20.7. The third-order valence-corrected chi connectivity index (χ3v) is 4.15. The fourth-order valence-corrected chi connectivity index (χ4v) is 2.88. The van der Waals surface area contributed by atoms with Gasteiger partial charge in [0, 0.05) is 11.6 Å². The van der Waals surface area contributed by atoms with E-state index in [1.807, 2.05) is 0 Å². The van der Waals surface area contributed by atoms with Gasteiger partial charge in [0.05, 0.1) is 5.92 Å². The third kappa shape index (κ3) is 4.97. The van der Waals surface area contributed by atoms with Crippen LogP contribution in [0.15, 0.2) is 24.3 Å². The van der Waals surface area contributed by atoms with E-state index in [2.05, 4.69) is 5.32 Å². The van der Waals surface area contributed by atoms with Crippen molar-refractivity contribution < 1.29 is 24.2 Å². The van der Waals surface area contributed by atoms with E-state index in [4.69, 9.17) is 10.5 Å². The lowest BCUT2D eigenvalue weighted by atomic mass is 9.94. The molecule has 2 amide bonds. The summed E-state index contributed by atoms with van der Waals surface area (Å²) < 4.78 is 5.13. The van der Waals surface area contributed by atoms with Crippen LogP contribution in [0.3, 0.4) is 0 Å². The van der Waals surface area contributed by atoms with Crippen molar-refractivity contribution in [1.82, 2.24) is 5.32 Å². The molecule has 4 N–H and O–H groups in total. The van der Waals surface area contributed by atoms with Crippen LogP contribution in [0.25, 0.3) is 0 Å². The Bertz CT molecular complexity index is 600. The van der Waals surface area contributed by atoms with Gasteiger partial charge in [0.1, 0.15) is 5.75 Å². The molecule has 0 aromatic heterocycles. The number of carboxylic acid groups (broad SMARTS) is 1. The van der Waals surface area contributed by atoms with E-state index in [9.17, 15) is 19.5 Å². The van der Waals surface area contributed by atoms with Crippen molar-refractivity contribution in [2.45, 2.75) is 38.1 Å². The highest BCUT2D eigenvalue weighted by Gasteiger charge is 2.30. The molecule has 0 radical (unpaired) electrons. The zero-order valence-corrected chi connectivity index (χ0v) is 13.4. The van der Waals surface area contributed by atoms with E-state index >= 15 is 0 Å². The number of hydrogen-bond acceptors (Lipinski definition) is 4. The van der Waals surface area contributed by atoms with Gasteiger partial charge in [-0.25, -0.2) is 0 Å². The van der Waals surface area contributed by atoms with E-state index in [-0.39, 0.29) is 18.6 Å². The van der Waals surface area contributed by atoms with Gasteiger partial charge in [-0.2, -0.15) is 0 Å². The first-order chi connectivity index (χ1) is 11.5. The third-order valence-electron chi connectivity index (χ3n) is 4.15. The van der Waals surface area contributed by atoms with Crippen molar-refractivity contribution >= 4 is 17.8 Å². The Hall–Kier alpha value is -2.57.